The third-order valence-electron chi connectivity index (χ3n) is 4.07. The molecule has 1 N–H and O–H groups in total. The Labute approximate surface area is 163 Å². The van der Waals surface area contributed by atoms with Crippen molar-refractivity contribution in [3.05, 3.63) is 54.6 Å². The number of thioether (sulfide) groups is 1. The molecule has 6 nitrogen and oxygen atoms in total. The number of rotatable bonds is 7. The fourth-order valence-corrected chi connectivity index (χ4v) is 3.50. The summed E-state index contributed by atoms with van der Waals surface area (Å²) in [6.07, 6.45) is 0. The van der Waals surface area contributed by atoms with Crippen LogP contribution in [0, 0.1) is 0 Å². The molecule has 2 aromatic carbocycles. The van der Waals surface area contributed by atoms with Crippen LogP contribution in [0.25, 0.3) is 11.4 Å². The van der Waals surface area contributed by atoms with Gasteiger partial charge in [-0.1, -0.05) is 30.0 Å². The van der Waals surface area contributed by atoms with E-state index in [2.05, 4.69) is 15.5 Å². The molecule has 0 aliphatic rings. The van der Waals surface area contributed by atoms with Crippen LogP contribution >= 0.6 is 11.8 Å². The number of para-hydroxylation sites is 1. The molecular weight excluding hydrogens is 360 g/mol. The van der Waals surface area contributed by atoms with Gasteiger partial charge >= 0.3 is 0 Å². The zero-order valence-electron chi connectivity index (χ0n) is 15.5. The zero-order chi connectivity index (χ0) is 19.2. The van der Waals surface area contributed by atoms with Gasteiger partial charge in [-0.05, 0) is 50.2 Å². The van der Waals surface area contributed by atoms with Gasteiger partial charge in [0.1, 0.15) is 5.75 Å². The predicted molar refractivity (Wildman–Crippen MR) is 108 cm³/mol. The van der Waals surface area contributed by atoms with Crippen molar-refractivity contribution in [1.82, 2.24) is 14.8 Å². The van der Waals surface area contributed by atoms with Crippen molar-refractivity contribution in [3.8, 4) is 17.1 Å². The molecular formula is C20H22N4O2S. The Hall–Kier alpha value is -2.80. The van der Waals surface area contributed by atoms with Crippen molar-refractivity contribution >= 4 is 23.4 Å². The monoisotopic (exact) mass is 382 g/mol. The van der Waals surface area contributed by atoms with Gasteiger partial charge in [0.05, 0.1) is 12.4 Å². The van der Waals surface area contributed by atoms with E-state index < -0.39 is 0 Å². The summed E-state index contributed by atoms with van der Waals surface area (Å²) in [5, 5.41) is 12.0. The van der Waals surface area contributed by atoms with Gasteiger partial charge in [0.2, 0.25) is 5.91 Å². The second kappa shape index (κ2) is 8.73. The number of methoxy groups -OCH3 is 1. The van der Waals surface area contributed by atoms with Crippen LogP contribution in [0.15, 0.2) is 59.8 Å². The minimum Gasteiger partial charge on any atom is -0.497 e. The smallest absolute Gasteiger partial charge is 0.237 e. The van der Waals surface area contributed by atoms with Crippen molar-refractivity contribution in [2.75, 3.05) is 12.4 Å². The maximum atomic E-state index is 12.5. The molecule has 3 rings (SSSR count). The van der Waals surface area contributed by atoms with Crippen molar-refractivity contribution in [1.29, 1.82) is 0 Å². The van der Waals surface area contributed by atoms with E-state index in [4.69, 9.17) is 4.74 Å². The molecule has 0 saturated carbocycles. The van der Waals surface area contributed by atoms with Crippen LogP contribution in [0.5, 0.6) is 5.75 Å². The van der Waals surface area contributed by atoms with E-state index in [1.807, 2.05) is 73.0 Å². The first-order valence-electron chi connectivity index (χ1n) is 8.72. The molecule has 27 heavy (non-hydrogen) atoms. The summed E-state index contributed by atoms with van der Waals surface area (Å²) in [4.78, 5) is 12.5. The average molecular weight is 382 g/mol. The van der Waals surface area contributed by atoms with Crippen LogP contribution in [0.4, 0.5) is 5.69 Å². The Bertz CT molecular complexity index is 894. The van der Waals surface area contributed by atoms with Crippen molar-refractivity contribution in [3.63, 3.8) is 0 Å². The summed E-state index contributed by atoms with van der Waals surface area (Å²) >= 11 is 1.40. The number of hydrogen-bond acceptors (Lipinski definition) is 5. The van der Waals surface area contributed by atoms with Crippen molar-refractivity contribution in [2.24, 2.45) is 0 Å². The van der Waals surface area contributed by atoms with Crippen LogP contribution in [0.2, 0.25) is 0 Å². The molecule has 0 spiro atoms. The summed E-state index contributed by atoms with van der Waals surface area (Å²) < 4.78 is 7.22. The lowest BCUT2D eigenvalue weighted by molar-refractivity contribution is -0.115. The Morgan fingerprint density at radius 3 is 2.48 bits per heavy atom. The molecule has 0 aliphatic heterocycles. The Balaban J connectivity index is 1.74. The highest BCUT2D eigenvalue weighted by molar-refractivity contribution is 8.00. The molecule has 0 unspecified atom stereocenters. The number of ether oxygens (including phenoxy) is 1. The number of nitrogens with zero attached hydrogens (tertiary/aromatic N) is 3. The largest absolute Gasteiger partial charge is 0.497 e. The Morgan fingerprint density at radius 2 is 1.85 bits per heavy atom. The number of anilines is 1. The minimum absolute atomic E-state index is 0.0668. The number of nitrogens with one attached hydrogen (secondary N) is 1. The molecule has 1 atom stereocenters. The number of carbonyl (C=O) groups excluding carboxylic acids is 1. The van der Waals surface area contributed by atoms with Crippen molar-refractivity contribution in [2.45, 2.75) is 30.8 Å². The lowest BCUT2D eigenvalue weighted by Crippen LogP contribution is -2.22. The Morgan fingerprint density at radius 1 is 1.15 bits per heavy atom. The first kappa shape index (κ1) is 19.0. The van der Waals surface area contributed by atoms with E-state index in [1.54, 1.807) is 7.11 Å². The van der Waals surface area contributed by atoms with E-state index in [0.717, 1.165) is 28.0 Å². The van der Waals surface area contributed by atoms with Crippen LogP contribution < -0.4 is 10.1 Å². The summed E-state index contributed by atoms with van der Waals surface area (Å²) in [6.45, 7) is 4.61. The zero-order valence-corrected chi connectivity index (χ0v) is 16.4. The topological polar surface area (TPSA) is 69.0 Å². The first-order chi connectivity index (χ1) is 13.1. The molecule has 0 aliphatic carbocycles. The quantitative estimate of drug-likeness (QED) is 0.623. The normalized spacial score (nSPS) is 11.8. The van der Waals surface area contributed by atoms with Gasteiger partial charge in [-0.3, -0.25) is 4.79 Å². The molecule has 0 fully saturated rings. The van der Waals surface area contributed by atoms with Crippen molar-refractivity contribution < 1.29 is 9.53 Å². The first-order valence-corrected chi connectivity index (χ1v) is 9.60. The van der Waals surface area contributed by atoms with Gasteiger partial charge in [0, 0.05) is 17.8 Å². The number of benzene rings is 2. The standard InChI is InChI=1S/C20H22N4O2S/c1-4-24-18(15-10-12-17(26-3)13-11-15)22-23-20(24)27-14(2)19(25)21-16-8-6-5-7-9-16/h5-14H,4H2,1-3H3,(H,21,25)/t14-/m0/s1. The van der Waals surface area contributed by atoms with Gasteiger partial charge in [-0.2, -0.15) is 0 Å². The highest BCUT2D eigenvalue weighted by Gasteiger charge is 2.20. The van der Waals surface area contributed by atoms with Gasteiger partial charge in [0.25, 0.3) is 0 Å². The predicted octanol–water partition coefficient (Wildman–Crippen LogP) is 4.09. The van der Waals surface area contributed by atoms with Crippen LogP contribution in [0.3, 0.4) is 0 Å². The van der Waals surface area contributed by atoms with Gasteiger partial charge in [-0.15, -0.1) is 10.2 Å². The van der Waals surface area contributed by atoms with E-state index in [0.29, 0.717) is 6.54 Å². The van der Waals surface area contributed by atoms with E-state index >= 15 is 0 Å². The second-order valence-corrected chi connectivity index (χ2v) is 7.20. The molecule has 0 bridgehead atoms. The number of carbonyl (C=O) groups is 1. The SMILES string of the molecule is CCn1c(S[C@@H](C)C(=O)Nc2ccccc2)nnc1-c1ccc(OC)cc1. The highest BCUT2D eigenvalue weighted by atomic mass is 32.2. The molecule has 0 radical (unpaired) electrons. The van der Waals surface area contributed by atoms with Crippen LogP contribution in [0.1, 0.15) is 13.8 Å². The average Bonchev–Trinajstić information content (AvgIpc) is 3.11. The summed E-state index contributed by atoms with van der Waals surface area (Å²) in [5.74, 6) is 1.50. The fourth-order valence-electron chi connectivity index (χ4n) is 2.59. The fraction of sp³-hybridized carbons (Fsp3) is 0.250. The van der Waals surface area contributed by atoms with Gasteiger partial charge in [0.15, 0.2) is 11.0 Å². The van der Waals surface area contributed by atoms with E-state index in [9.17, 15) is 4.79 Å². The molecule has 140 valence electrons. The number of hydrogen-bond donors (Lipinski definition) is 1. The van der Waals surface area contributed by atoms with Crippen LogP contribution in [-0.2, 0) is 11.3 Å². The molecule has 7 heteroatoms. The van der Waals surface area contributed by atoms with Crippen LogP contribution in [-0.4, -0.2) is 33.0 Å². The second-order valence-electron chi connectivity index (χ2n) is 5.89. The summed E-state index contributed by atoms with van der Waals surface area (Å²) in [7, 11) is 1.64. The molecule has 1 amide bonds. The molecule has 1 heterocycles. The van der Waals surface area contributed by atoms with Gasteiger partial charge in [-0.25, -0.2) is 0 Å². The third kappa shape index (κ3) is 4.49. The number of amides is 1. The maximum absolute atomic E-state index is 12.5. The van der Waals surface area contributed by atoms with Gasteiger partial charge < -0.3 is 14.6 Å². The maximum Gasteiger partial charge on any atom is 0.237 e. The third-order valence-corrected chi connectivity index (χ3v) is 5.15. The summed E-state index contributed by atoms with van der Waals surface area (Å²) in [6, 6.07) is 17.1. The minimum atomic E-state index is -0.302. The van der Waals surface area contributed by atoms with E-state index in [-0.39, 0.29) is 11.2 Å². The Kier molecular flexibility index (Phi) is 6.13. The molecule has 3 aromatic rings. The number of aromatic nitrogens is 3. The lowest BCUT2D eigenvalue weighted by Gasteiger charge is -2.13. The summed E-state index contributed by atoms with van der Waals surface area (Å²) in [5.41, 5.74) is 1.74. The lowest BCUT2D eigenvalue weighted by atomic mass is 10.2. The molecule has 1 aromatic heterocycles. The highest BCUT2D eigenvalue weighted by Crippen LogP contribution is 2.28. The molecule has 0 saturated heterocycles. The van der Waals surface area contributed by atoms with E-state index in [1.165, 1.54) is 11.8 Å².